The maximum Gasteiger partial charge on any atom is 0.137 e. The van der Waals surface area contributed by atoms with Crippen molar-refractivity contribution in [2.24, 2.45) is 0 Å². The molecule has 0 aliphatic carbocycles. The standard InChI is InChI=1S/C10H15ClN2O/c1-12-7-13(2)8-4-5-10(14-3)9(11)6-8/h4-6,12H,7H2,1-3H3. The Kier molecular flexibility index (Phi) is 4.04. The summed E-state index contributed by atoms with van der Waals surface area (Å²) in [7, 11) is 5.51. The van der Waals surface area contributed by atoms with E-state index in [1.165, 1.54) is 0 Å². The summed E-state index contributed by atoms with van der Waals surface area (Å²) in [6.45, 7) is 0.780. The van der Waals surface area contributed by atoms with Crippen LogP contribution < -0.4 is 15.0 Å². The lowest BCUT2D eigenvalue weighted by Crippen LogP contribution is -2.28. The van der Waals surface area contributed by atoms with Gasteiger partial charge in [0, 0.05) is 12.7 Å². The first-order chi connectivity index (χ1) is 6.69. The molecule has 0 saturated carbocycles. The van der Waals surface area contributed by atoms with E-state index in [0.29, 0.717) is 10.8 Å². The molecule has 1 rings (SSSR count). The molecule has 0 atom stereocenters. The van der Waals surface area contributed by atoms with Gasteiger partial charge in [-0.3, -0.25) is 0 Å². The Hall–Kier alpha value is -0.930. The van der Waals surface area contributed by atoms with Crippen molar-refractivity contribution in [2.75, 3.05) is 32.8 Å². The Morgan fingerprint density at radius 2 is 2.21 bits per heavy atom. The molecule has 0 spiro atoms. The van der Waals surface area contributed by atoms with E-state index >= 15 is 0 Å². The zero-order valence-corrected chi connectivity index (χ0v) is 9.43. The smallest absolute Gasteiger partial charge is 0.137 e. The van der Waals surface area contributed by atoms with E-state index in [-0.39, 0.29) is 0 Å². The molecule has 1 aromatic rings. The number of benzene rings is 1. The van der Waals surface area contributed by atoms with Gasteiger partial charge in [0.25, 0.3) is 0 Å². The van der Waals surface area contributed by atoms with Crippen LogP contribution in [0.15, 0.2) is 18.2 Å². The third-order valence-electron chi connectivity index (χ3n) is 1.97. The second kappa shape index (κ2) is 5.08. The molecule has 1 N–H and O–H groups in total. The van der Waals surface area contributed by atoms with Gasteiger partial charge in [-0.25, -0.2) is 0 Å². The van der Waals surface area contributed by atoms with Crippen LogP contribution in [0.5, 0.6) is 5.75 Å². The third kappa shape index (κ3) is 2.53. The van der Waals surface area contributed by atoms with Crippen molar-refractivity contribution in [3.8, 4) is 5.75 Å². The molecule has 0 bridgehead atoms. The van der Waals surface area contributed by atoms with Crippen molar-refractivity contribution >= 4 is 17.3 Å². The Morgan fingerprint density at radius 1 is 1.50 bits per heavy atom. The van der Waals surface area contributed by atoms with Gasteiger partial charge in [-0.1, -0.05) is 11.6 Å². The molecule has 0 aliphatic rings. The van der Waals surface area contributed by atoms with Crippen LogP contribution in [0.25, 0.3) is 0 Å². The van der Waals surface area contributed by atoms with Gasteiger partial charge < -0.3 is 15.0 Å². The summed E-state index contributed by atoms with van der Waals surface area (Å²) in [6.07, 6.45) is 0. The van der Waals surface area contributed by atoms with Crippen LogP contribution in [0.2, 0.25) is 5.02 Å². The van der Waals surface area contributed by atoms with Gasteiger partial charge in [0.1, 0.15) is 5.75 Å². The maximum absolute atomic E-state index is 6.00. The Balaban J connectivity index is 2.85. The van der Waals surface area contributed by atoms with E-state index in [4.69, 9.17) is 16.3 Å². The van der Waals surface area contributed by atoms with Crippen molar-refractivity contribution in [1.29, 1.82) is 0 Å². The van der Waals surface area contributed by atoms with E-state index < -0.39 is 0 Å². The topological polar surface area (TPSA) is 24.5 Å². The fraction of sp³-hybridized carbons (Fsp3) is 0.400. The summed E-state index contributed by atoms with van der Waals surface area (Å²) in [5.41, 5.74) is 1.06. The summed E-state index contributed by atoms with van der Waals surface area (Å²) < 4.78 is 5.07. The Bertz CT molecular complexity index is 304. The van der Waals surface area contributed by atoms with Gasteiger partial charge in [0.05, 0.1) is 18.8 Å². The molecule has 0 aromatic heterocycles. The second-order valence-electron chi connectivity index (χ2n) is 3.03. The highest BCUT2D eigenvalue weighted by Crippen LogP contribution is 2.28. The predicted octanol–water partition coefficient (Wildman–Crippen LogP) is 1.96. The summed E-state index contributed by atoms with van der Waals surface area (Å²) in [5.74, 6) is 0.702. The first-order valence-corrected chi connectivity index (χ1v) is 4.76. The van der Waals surface area contributed by atoms with Gasteiger partial charge in [0.15, 0.2) is 0 Å². The van der Waals surface area contributed by atoms with E-state index in [0.717, 1.165) is 12.4 Å². The van der Waals surface area contributed by atoms with Crippen LogP contribution in [0, 0.1) is 0 Å². The highest BCUT2D eigenvalue weighted by atomic mass is 35.5. The molecule has 0 fully saturated rings. The zero-order valence-electron chi connectivity index (χ0n) is 8.67. The fourth-order valence-corrected chi connectivity index (χ4v) is 1.47. The maximum atomic E-state index is 6.00. The molecular weight excluding hydrogens is 200 g/mol. The number of ether oxygens (including phenoxy) is 1. The number of methoxy groups -OCH3 is 1. The lowest BCUT2D eigenvalue weighted by Gasteiger charge is -2.19. The Morgan fingerprint density at radius 3 is 2.71 bits per heavy atom. The number of anilines is 1. The highest BCUT2D eigenvalue weighted by Gasteiger charge is 2.04. The lowest BCUT2D eigenvalue weighted by atomic mass is 10.3. The second-order valence-corrected chi connectivity index (χ2v) is 3.44. The van der Waals surface area contributed by atoms with Crippen LogP contribution in [0.4, 0.5) is 5.69 Å². The molecule has 3 nitrogen and oxygen atoms in total. The van der Waals surface area contributed by atoms with E-state index in [9.17, 15) is 0 Å². The summed E-state index contributed by atoms with van der Waals surface area (Å²) >= 11 is 6.00. The molecule has 78 valence electrons. The van der Waals surface area contributed by atoms with Crippen LogP contribution in [-0.2, 0) is 0 Å². The summed E-state index contributed by atoms with van der Waals surface area (Å²) in [6, 6.07) is 5.73. The van der Waals surface area contributed by atoms with Crippen molar-refractivity contribution in [1.82, 2.24) is 5.32 Å². The molecule has 0 unspecified atom stereocenters. The van der Waals surface area contributed by atoms with Gasteiger partial charge in [-0.15, -0.1) is 0 Å². The van der Waals surface area contributed by atoms with E-state index in [1.807, 2.05) is 32.3 Å². The van der Waals surface area contributed by atoms with E-state index in [2.05, 4.69) is 10.2 Å². The average Bonchev–Trinajstić information content (AvgIpc) is 2.18. The van der Waals surface area contributed by atoms with Crippen LogP contribution in [0.1, 0.15) is 0 Å². The average molecular weight is 215 g/mol. The van der Waals surface area contributed by atoms with Crippen molar-refractivity contribution in [2.45, 2.75) is 0 Å². The molecule has 0 radical (unpaired) electrons. The highest BCUT2D eigenvalue weighted by molar-refractivity contribution is 6.32. The molecule has 0 amide bonds. The molecular formula is C10H15ClN2O. The molecule has 1 aromatic carbocycles. The Labute approximate surface area is 89.6 Å². The minimum Gasteiger partial charge on any atom is -0.495 e. The largest absolute Gasteiger partial charge is 0.495 e. The first-order valence-electron chi connectivity index (χ1n) is 4.38. The van der Waals surface area contributed by atoms with Crippen LogP contribution in [0.3, 0.4) is 0 Å². The lowest BCUT2D eigenvalue weighted by molar-refractivity contribution is 0.415. The molecule has 14 heavy (non-hydrogen) atoms. The molecule has 0 saturated heterocycles. The number of rotatable bonds is 4. The fourth-order valence-electron chi connectivity index (χ4n) is 1.22. The minimum absolute atomic E-state index is 0.632. The number of nitrogens with zero attached hydrogens (tertiary/aromatic N) is 1. The number of hydrogen-bond acceptors (Lipinski definition) is 3. The van der Waals surface area contributed by atoms with Gasteiger partial charge >= 0.3 is 0 Å². The summed E-state index contributed by atoms with van der Waals surface area (Å²) in [5, 5.41) is 3.70. The summed E-state index contributed by atoms with van der Waals surface area (Å²) in [4.78, 5) is 2.06. The number of nitrogens with one attached hydrogen (secondary N) is 1. The predicted molar refractivity (Wildman–Crippen MR) is 60.3 cm³/mol. The van der Waals surface area contributed by atoms with Gasteiger partial charge in [0.2, 0.25) is 0 Å². The first kappa shape index (κ1) is 11.1. The quantitative estimate of drug-likeness (QED) is 0.776. The monoisotopic (exact) mass is 214 g/mol. The van der Waals surface area contributed by atoms with Crippen LogP contribution >= 0.6 is 11.6 Å². The zero-order chi connectivity index (χ0) is 10.6. The van der Waals surface area contributed by atoms with Crippen LogP contribution in [-0.4, -0.2) is 27.9 Å². The molecule has 0 aliphatic heterocycles. The normalized spacial score (nSPS) is 10.0. The molecule has 0 heterocycles. The third-order valence-corrected chi connectivity index (χ3v) is 2.27. The number of hydrogen-bond donors (Lipinski definition) is 1. The van der Waals surface area contributed by atoms with Crippen molar-refractivity contribution in [3.05, 3.63) is 23.2 Å². The van der Waals surface area contributed by atoms with E-state index in [1.54, 1.807) is 7.11 Å². The van der Waals surface area contributed by atoms with Gasteiger partial charge in [-0.05, 0) is 25.2 Å². The SMILES string of the molecule is CNCN(C)c1ccc(OC)c(Cl)c1. The number of halogens is 1. The van der Waals surface area contributed by atoms with Crippen molar-refractivity contribution < 1.29 is 4.74 Å². The van der Waals surface area contributed by atoms with Gasteiger partial charge in [-0.2, -0.15) is 0 Å². The molecule has 4 heteroatoms. The van der Waals surface area contributed by atoms with Crippen molar-refractivity contribution in [3.63, 3.8) is 0 Å². The minimum atomic E-state index is 0.632.